The Kier molecular flexibility index (Phi) is 6.75. The predicted molar refractivity (Wildman–Crippen MR) is 47.0 cm³/mol. The minimum absolute atomic E-state index is 0.287. The molecule has 1 heterocycles. The molecule has 1 N–H and O–H groups in total. The van der Waals surface area contributed by atoms with E-state index in [1.807, 2.05) is 0 Å². The maximum atomic E-state index is 10.0. The van der Waals surface area contributed by atoms with Crippen molar-refractivity contribution in [1.82, 2.24) is 9.97 Å². The van der Waals surface area contributed by atoms with Crippen LogP contribution in [0.4, 0.5) is 0 Å². The summed E-state index contributed by atoms with van der Waals surface area (Å²) in [6.45, 7) is 2.19. The van der Waals surface area contributed by atoms with Crippen molar-refractivity contribution >= 4 is 11.9 Å². The number of esters is 2. The first kappa shape index (κ1) is 12.2. The van der Waals surface area contributed by atoms with E-state index in [1.165, 1.54) is 13.8 Å². The third kappa shape index (κ3) is 10.2. The summed E-state index contributed by atoms with van der Waals surface area (Å²) in [5.41, 5.74) is 0. The minimum Gasteiger partial charge on any atom is -0.428 e. The van der Waals surface area contributed by atoms with E-state index in [-0.39, 0.29) is 6.79 Å². The molecule has 0 fully saturated rings. The monoisotopic (exact) mass is 200 g/mol. The molecular formula is C8H12N2O4. The van der Waals surface area contributed by atoms with Gasteiger partial charge in [-0.15, -0.1) is 0 Å². The fraction of sp³-hybridized carbons (Fsp3) is 0.375. The molecule has 78 valence electrons. The van der Waals surface area contributed by atoms with Crippen LogP contribution in [0.5, 0.6) is 0 Å². The average molecular weight is 200 g/mol. The zero-order valence-electron chi connectivity index (χ0n) is 8.02. The molecule has 14 heavy (non-hydrogen) atoms. The number of rotatable bonds is 2. The van der Waals surface area contributed by atoms with Gasteiger partial charge in [0, 0.05) is 26.2 Å². The number of carbonyl (C=O) groups excluding carboxylic acids is 2. The first-order valence-corrected chi connectivity index (χ1v) is 3.82. The van der Waals surface area contributed by atoms with Crippen molar-refractivity contribution in [3.05, 3.63) is 18.7 Å². The van der Waals surface area contributed by atoms with E-state index in [0.29, 0.717) is 0 Å². The van der Waals surface area contributed by atoms with E-state index in [9.17, 15) is 9.59 Å². The molecule has 1 rings (SSSR count). The molecule has 0 radical (unpaired) electrons. The molecule has 0 saturated carbocycles. The number of hydrogen-bond donors (Lipinski definition) is 1. The zero-order chi connectivity index (χ0) is 10.8. The smallest absolute Gasteiger partial charge is 0.305 e. The molecule has 0 atom stereocenters. The van der Waals surface area contributed by atoms with Crippen molar-refractivity contribution in [1.29, 1.82) is 0 Å². The van der Waals surface area contributed by atoms with Gasteiger partial charge in [-0.05, 0) is 0 Å². The molecule has 1 aromatic heterocycles. The van der Waals surface area contributed by atoms with Gasteiger partial charge in [-0.2, -0.15) is 0 Å². The van der Waals surface area contributed by atoms with E-state index in [0.717, 1.165) is 0 Å². The van der Waals surface area contributed by atoms with Gasteiger partial charge in [0.15, 0.2) is 0 Å². The summed E-state index contributed by atoms with van der Waals surface area (Å²) in [4.78, 5) is 26.4. The van der Waals surface area contributed by atoms with Crippen LogP contribution in [0.25, 0.3) is 0 Å². The summed E-state index contributed by atoms with van der Waals surface area (Å²) in [6, 6.07) is 0. The van der Waals surface area contributed by atoms with Gasteiger partial charge in [-0.25, -0.2) is 4.98 Å². The van der Waals surface area contributed by atoms with Crippen molar-refractivity contribution in [2.45, 2.75) is 13.8 Å². The molecule has 0 aliphatic carbocycles. The Morgan fingerprint density at radius 3 is 2.07 bits per heavy atom. The highest BCUT2D eigenvalue weighted by Gasteiger charge is 1.93. The standard InChI is InChI=1S/C5H8O4.C3H4N2/c1-4(6)8-3-9-5(2)7;1-2-5-3-4-1/h3H2,1-2H3;1-3H,(H,4,5). The molecule has 0 spiro atoms. The van der Waals surface area contributed by atoms with E-state index in [2.05, 4.69) is 19.4 Å². The number of nitrogens with one attached hydrogen (secondary N) is 1. The van der Waals surface area contributed by atoms with E-state index in [4.69, 9.17) is 0 Å². The molecule has 0 unspecified atom stereocenters. The lowest BCUT2D eigenvalue weighted by atomic mass is 10.8. The lowest BCUT2D eigenvalue weighted by Crippen LogP contribution is -2.07. The number of aromatic amines is 1. The van der Waals surface area contributed by atoms with Gasteiger partial charge < -0.3 is 14.5 Å². The summed E-state index contributed by atoms with van der Waals surface area (Å²) in [5.74, 6) is -0.924. The number of ether oxygens (including phenoxy) is 2. The molecule has 1 aromatic rings. The van der Waals surface area contributed by atoms with Gasteiger partial charge in [0.2, 0.25) is 6.79 Å². The normalized spacial score (nSPS) is 8.14. The topological polar surface area (TPSA) is 81.3 Å². The largest absolute Gasteiger partial charge is 0.428 e. The molecule has 0 aliphatic rings. The summed E-state index contributed by atoms with van der Waals surface area (Å²) < 4.78 is 8.54. The Morgan fingerprint density at radius 2 is 1.86 bits per heavy atom. The van der Waals surface area contributed by atoms with Crippen LogP contribution < -0.4 is 0 Å². The third-order valence-corrected chi connectivity index (χ3v) is 0.930. The maximum Gasteiger partial charge on any atom is 0.305 e. The van der Waals surface area contributed by atoms with Crippen molar-refractivity contribution < 1.29 is 19.1 Å². The first-order valence-electron chi connectivity index (χ1n) is 3.82. The average Bonchev–Trinajstić information content (AvgIpc) is 2.58. The van der Waals surface area contributed by atoms with Gasteiger partial charge in [-0.1, -0.05) is 0 Å². The molecule has 0 amide bonds. The Labute approximate surface area is 81.2 Å². The van der Waals surface area contributed by atoms with Crippen LogP contribution in [-0.2, 0) is 19.1 Å². The van der Waals surface area contributed by atoms with Gasteiger partial charge in [-0.3, -0.25) is 9.59 Å². The van der Waals surface area contributed by atoms with Crippen LogP contribution in [0, 0.1) is 0 Å². The molecule has 0 bridgehead atoms. The number of nitrogens with zero attached hydrogens (tertiary/aromatic N) is 1. The Balaban J connectivity index is 0.000000280. The third-order valence-electron chi connectivity index (χ3n) is 0.930. The number of aromatic nitrogens is 2. The highest BCUT2D eigenvalue weighted by molar-refractivity contribution is 5.67. The quantitative estimate of drug-likeness (QED) is 0.554. The highest BCUT2D eigenvalue weighted by Crippen LogP contribution is 1.79. The number of H-pyrrole nitrogens is 1. The Hall–Kier alpha value is -1.85. The molecule has 0 aromatic carbocycles. The Morgan fingerprint density at radius 1 is 1.29 bits per heavy atom. The number of carbonyl (C=O) groups is 2. The van der Waals surface area contributed by atoms with Crippen molar-refractivity contribution in [3.63, 3.8) is 0 Å². The van der Waals surface area contributed by atoms with Gasteiger partial charge in [0.1, 0.15) is 0 Å². The van der Waals surface area contributed by atoms with Crippen LogP contribution >= 0.6 is 0 Å². The first-order chi connectivity index (χ1) is 6.63. The van der Waals surface area contributed by atoms with Crippen LogP contribution in [0.2, 0.25) is 0 Å². The Bertz CT molecular complexity index is 227. The van der Waals surface area contributed by atoms with Crippen LogP contribution in [0.15, 0.2) is 18.7 Å². The van der Waals surface area contributed by atoms with Gasteiger partial charge in [0.25, 0.3) is 0 Å². The van der Waals surface area contributed by atoms with Gasteiger partial charge >= 0.3 is 11.9 Å². The highest BCUT2D eigenvalue weighted by atomic mass is 16.7. The fourth-order valence-corrected chi connectivity index (χ4v) is 0.411. The second-order valence-electron chi connectivity index (χ2n) is 2.15. The van der Waals surface area contributed by atoms with E-state index in [1.54, 1.807) is 18.7 Å². The zero-order valence-corrected chi connectivity index (χ0v) is 8.02. The summed E-state index contributed by atoms with van der Waals surface area (Å²) in [7, 11) is 0. The van der Waals surface area contributed by atoms with Gasteiger partial charge in [0.05, 0.1) is 6.33 Å². The molecule has 0 saturated heterocycles. The van der Waals surface area contributed by atoms with Crippen molar-refractivity contribution in [2.24, 2.45) is 0 Å². The predicted octanol–water partition coefficient (Wildman–Crippen LogP) is 0.480. The van der Waals surface area contributed by atoms with Crippen molar-refractivity contribution in [2.75, 3.05) is 6.79 Å². The molecule has 6 nitrogen and oxygen atoms in total. The second kappa shape index (κ2) is 7.78. The second-order valence-corrected chi connectivity index (χ2v) is 2.15. The van der Waals surface area contributed by atoms with E-state index >= 15 is 0 Å². The van der Waals surface area contributed by atoms with E-state index < -0.39 is 11.9 Å². The lowest BCUT2D eigenvalue weighted by Gasteiger charge is -1.99. The summed E-state index contributed by atoms with van der Waals surface area (Å²) in [5, 5.41) is 0. The lowest BCUT2D eigenvalue weighted by molar-refractivity contribution is -0.163. The summed E-state index contributed by atoms with van der Waals surface area (Å²) >= 11 is 0. The SMILES string of the molecule is CC(=O)OCOC(C)=O.c1c[nH]cn1. The fourth-order valence-electron chi connectivity index (χ4n) is 0.411. The minimum atomic E-state index is -0.462. The molecular weight excluding hydrogens is 188 g/mol. The van der Waals surface area contributed by atoms with Crippen LogP contribution in [-0.4, -0.2) is 28.7 Å². The van der Waals surface area contributed by atoms with Crippen LogP contribution in [0.1, 0.15) is 13.8 Å². The molecule has 0 aliphatic heterocycles. The summed E-state index contributed by atoms with van der Waals surface area (Å²) in [6.07, 6.45) is 5.08. The number of hydrogen-bond acceptors (Lipinski definition) is 5. The molecule has 6 heteroatoms. The number of imidazole rings is 1. The van der Waals surface area contributed by atoms with Crippen molar-refractivity contribution in [3.8, 4) is 0 Å². The van der Waals surface area contributed by atoms with Crippen LogP contribution in [0.3, 0.4) is 0 Å². The maximum absolute atomic E-state index is 10.0.